The highest BCUT2D eigenvalue weighted by atomic mass is 19.1. The Balaban J connectivity index is 3.05. The molecule has 0 saturated carbocycles. The molecular weight excluding hydrogens is 272 g/mol. The lowest BCUT2D eigenvalue weighted by molar-refractivity contribution is -0.0355. The molecule has 1 N–H and O–H groups in total. The monoisotopic (exact) mass is 299 g/mol. The molecule has 2 nitrogen and oxygen atoms in total. The maximum atomic E-state index is 13.9. The van der Waals surface area contributed by atoms with Crippen molar-refractivity contribution >= 4 is 0 Å². The molecule has 0 heterocycles. The minimum atomic E-state index is -0.498. The van der Waals surface area contributed by atoms with Crippen LogP contribution in [0, 0.1) is 17.0 Å². The summed E-state index contributed by atoms with van der Waals surface area (Å²) in [6.07, 6.45) is 0.148. The van der Waals surface area contributed by atoms with E-state index in [1.807, 2.05) is 13.8 Å². The molecule has 1 aromatic rings. The Bertz CT molecular complexity index is 423. The molecule has 2 unspecified atom stereocenters. The van der Waals surface area contributed by atoms with Crippen LogP contribution >= 0.6 is 0 Å². The Kier molecular flexibility index (Phi) is 6.75. The first-order chi connectivity index (χ1) is 9.81. The summed E-state index contributed by atoms with van der Waals surface area (Å²) in [5, 5.41) is 3.32. The Hall–Kier alpha value is -1.00. The molecule has 0 bridgehead atoms. The normalized spacial score (nSPS) is 15.0. The lowest BCUT2D eigenvalue weighted by Crippen LogP contribution is -2.49. The molecule has 21 heavy (non-hydrogen) atoms. The summed E-state index contributed by atoms with van der Waals surface area (Å²) < 4.78 is 33.6. The summed E-state index contributed by atoms with van der Waals surface area (Å²) in [7, 11) is 0. The van der Waals surface area contributed by atoms with Gasteiger partial charge in [0.05, 0.1) is 6.10 Å². The lowest BCUT2D eigenvalue weighted by Gasteiger charge is -2.37. The zero-order chi connectivity index (χ0) is 16.0. The first-order valence-electron chi connectivity index (χ1n) is 7.59. The van der Waals surface area contributed by atoms with Gasteiger partial charge >= 0.3 is 0 Å². The summed E-state index contributed by atoms with van der Waals surface area (Å²) in [6.45, 7) is 11.5. The van der Waals surface area contributed by atoms with E-state index >= 15 is 0 Å². The van der Waals surface area contributed by atoms with Crippen molar-refractivity contribution in [3.63, 3.8) is 0 Å². The first kappa shape index (κ1) is 18.1. The summed E-state index contributed by atoms with van der Waals surface area (Å²) in [6, 6.07) is 3.85. The van der Waals surface area contributed by atoms with Crippen molar-refractivity contribution in [3.8, 4) is 0 Å². The molecular formula is C17H27F2NO. The van der Waals surface area contributed by atoms with Gasteiger partial charge in [-0.3, -0.25) is 0 Å². The predicted molar refractivity (Wildman–Crippen MR) is 82.4 cm³/mol. The van der Waals surface area contributed by atoms with Gasteiger partial charge in [-0.25, -0.2) is 8.78 Å². The van der Waals surface area contributed by atoms with Crippen LogP contribution in [0.5, 0.6) is 0 Å². The quantitative estimate of drug-likeness (QED) is 0.823. The van der Waals surface area contributed by atoms with Crippen LogP contribution in [0.4, 0.5) is 8.78 Å². The van der Waals surface area contributed by atoms with Crippen LogP contribution in [0.25, 0.3) is 0 Å². The van der Waals surface area contributed by atoms with Gasteiger partial charge in [0.1, 0.15) is 11.6 Å². The maximum Gasteiger partial charge on any atom is 0.129 e. The number of ether oxygens (including phenoxy) is 1. The third kappa shape index (κ3) is 5.04. The van der Waals surface area contributed by atoms with Gasteiger partial charge in [0.25, 0.3) is 0 Å². The van der Waals surface area contributed by atoms with Crippen LogP contribution in [0.3, 0.4) is 0 Å². The molecule has 1 rings (SSSR count). The van der Waals surface area contributed by atoms with E-state index in [1.54, 1.807) is 0 Å². The Morgan fingerprint density at radius 1 is 1.14 bits per heavy atom. The van der Waals surface area contributed by atoms with Crippen molar-refractivity contribution in [2.24, 2.45) is 5.41 Å². The number of halogens is 2. The fourth-order valence-electron chi connectivity index (χ4n) is 2.64. The molecule has 0 aliphatic carbocycles. The molecule has 0 aromatic heterocycles. The molecule has 0 spiro atoms. The third-order valence-corrected chi connectivity index (χ3v) is 3.52. The zero-order valence-corrected chi connectivity index (χ0v) is 13.7. The van der Waals surface area contributed by atoms with Gasteiger partial charge in [-0.1, -0.05) is 33.8 Å². The van der Waals surface area contributed by atoms with Crippen molar-refractivity contribution in [2.45, 2.75) is 53.2 Å². The number of hydrogen-bond acceptors (Lipinski definition) is 2. The van der Waals surface area contributed by atoms with Crippen LogP contribution in [0.2, 0.25) is 0 Å². The number of likely N-dealkylation sites (N-methyl/N-ethyl adjacent to an activating group) is 1. The molecule has 4 heteroatoms. The van der Waals surface area contributed by atoms with Gasteiger partial charge in [-0.2, -0.15) is 0 Å². The number of benzene rings is 1. The van der Waals surface area contributed by atoms with Gasteiger partial charge in [0.15, 0.2) is 0 Å². The van der Waals surface area contributed by atoms with E-state index < -0.39 is 11.6 Å². The zero-order valence-electron chi connectivity index (χ0n) is 13.7. The lowest BCUT2D eigenvalue weighted by atomic mass is 9.82. The molecule has 120 valence electrons. The molecule has 0 amide bonds. The second-order valence-corrected chi connectivity index (χ2v) is 6.31. The number of nitrogens with one attached hydrogen (secondary N) is 1. The van der Waals surface area contributed by atoms with Crippen molar-refractivity contribution in [1.29, 1.82) is 0 Å². The van der Waals surface area contributed by atoms with Crippen molar-refractivity contribution in [2.75, 3.05) is 13.2 Å². The summed E-state index contributed by atoms with van der Waals surface area (Å²) in [5.41, 5.74) is 0.00214. The number of rotatable bonds is 7. The summed E-state index contributed by atoms with van der Waals surface area (Å²) in [5.74, 6) is -0.996. The highest BCUT2D eigenvalue weighted by Gasteiger charge is 2.33. The SMILES string of the molecule is CCNC(Cc1c(F)cccc1F)C(OCC)C(C)(C)C. The summed E-state index contributed by atoms with van der Waals surface area (Å²) >= 11 is 0. The Labute approximate surface area is 126 Å². The Morgan fingerprint density at radius 3 is 2.14 bits per heavy atom. The van der Waals surface area contributed by atoms with Crippen LogP contribution in [0.15, 0.2) is 18.2 Å². The smallest absolute Gasteiger partial charge is 0.129 e. The van der Waals surface area contributed by atoms with Crippen molar-refractivity contribution in [3.05, 3.63) is 35.4 Å². The average Bonchev–Trinajstić information content (AvgIpc) is 2.38. The van der Waals surface area contributed by atoms with E-state index in [0.717, 1.165) is 6.54 Å². The Morgan fingerprint density at radius 2 is 1.71 bits per heavy atom. The molecule has 2 atom stereocenters. The van der Waals surface area contributed by atoms with Crippen LogP contribution in [-0.4, -0.2) is 25.3 Å². The van der Waals surface area contributed by atoms with Crippen LogP contribution in [-0.2, 0) is 11.2 Å². The van der Waals surface area contributed by atoms with Crippen molar-refractivity contribution in [1.82, 2.24) is 5.32 Å². The van der Waals surface area contributed by atoms with E-state index in [0.29, 0.717) is 6.61 Å². The largest absolute Gasteiger partial charge is 0.376 e. The highest BCUT2D eigenvalue weighted by molar-refractivity contribution is 5.21. The topological polar surface area (TPSA) is 21.3 Å². The van der Waals surface area contributed by atoms with Gasteiger partial charge in [-0.15, -0.1) is 0 Å². The standard InChI is InChI=1S/C17H27F2NO/c1-6-20-15(16(21-7-2)17(3,4)5)11-12-13(18)9-8-10-14(12)19/h8-10,15-16,20H,6-7,11H2,1-5H3. The molecule has 0 aliphatic heterocycles. The van der Waals surface area contributed by atoms with E-state index in [9.17, 15) is 8.78 Å². The van der Waals surface area contributed by atoms with Gasteiger partial charge < -0.3 is 10.1 Å². The molecule has 0 radical (unpaired) electrons. The number of hydrogen-bond donors (Lipinski definition) is 1. The van der Waals surface area contributed by atoms with Crippen LogP contribution in [0.1, 0.15) is 40.2 Å². The van der Waals surface area contributed by atoms with Gasteiger partial charge in [0.2, 0.25) is 0 Å². The molecule has 0 fully saturated rings. The summed E-state index contributed by atoms with van der Waals surface area (Å²) in [4.78, 5) is 0. The van der Waals surface area contributed by atoms with Gasteiger partial charge in [0, 0.05) is 18.2 Å². The van der Waals surface area contributed by atoms with Crippen LogP contribution < -0.4 is 5.32 Å². The fraction of sp³-hybridized carbons (Fsp3) is 0.647. The predicted octanol–water partition coefficient (Wildman–Crippen LogP) is 3.94. The van der Waals surface area contributed by atoms with Gasteiger partial charge in [-0.05, 0) is 37.4 Å². The average molecular weight is 299 g/mol. The van der Waals surface area contributed by atoms with E-state index in [-0.39, 0.29) is 29.5 Å². The molecule has 1 aromatic carbocycles. The fourth-order valence-corrected chi connectivity index (χ4v) is 2.64. The van der Waals surface area contributed by atoms with E-state index in [4.69, 9.17) is 4.74 Å². The van der Waals surface area contributed by atoms with E-state index in [2.05, 4.69) is 26.1 Å². The van der Waals surface area contributed by atoms with E-state index in [1.165, 1.54) is 18.2 Å². The third-order valence-electron chi connectivity index (χ3n) is 3.52. The minimum absolute atomic E-state index is 0.120. The highest BCUT2D eigenvalue weighted by Crippen LogP contribution is 2.27. The second kappa shape index (κ2) is 7.85. The maximum absolute atomic E-state index is 13.9. The molecule has 0 aliphatic rings. The first-order valence-corrected chi connectivity index (χ1v) is 7.59. The molecule has 0 saturated heterocycles. The minimum Gasteiger partial charge on any atom is -0.376 e. The van der Waals surface area contributed by atoms with Crippen molar-refractivity contribution < 1.29 is 13.5 Å². The second-order valence-electron chi connectivity index (χ2n) is 6.31.